The van der Waals surface area contributed by atoms with E-state index in [4.69, 9.17) is 21.1 Å². The molecular formula is C22H20ClN7O4. The van der Waals surface area contributed by atoms with E-state index in [1.54, 1.807) is 48.4 Å². The number of carbonyl (C=O) groups excluding carboxylic acids is 2. The number of fused-ring (bicyclic) bond motifs is 2. The Morgan fingerprint density at radius 2 is 2.09 bits per heavy atom. The van der Waals surface area contributed by atoms with Gasteiger partial charge in [-0.2, -0.15) is 5.10 Å². The van der Waals surface area contributed by atoms with Gasteiger partial charge in [0, 0.05) is 34.8 Å². The maximum absolute atomic E-state index is 13.0. The van der Waals surface area contributed by atoms with Gasteiger partial charge in [0.1, 0.15) is 11.3 Å². The topological polar surface area (TPSA) is 138 Å². The number of ether oxygens (including phenoxy) is 2. The number of nitrogens with one attached hydrogen (secondary N) is 3. The van der Waals surface area contributed by atoms with Gasteiger partial charge in [0.2, 0.25) is 5.88 Å². The number of carbonyl (C=O) groups is 2. The number of hydrogen-bond acceptors (Lipinski definition) is 7. The maximum Gasteiger partial charge on any atom is 0.414 e. The Hall–Kier alpha value is -4.12. The molecule has 0 atom stereocenters. The van der Waals surface area contributed by atoms with Gasteiger partial charge in [-0.3, -0.25) is 9.89 Å². The van der Waals surface area contributed by atoms with Crippen molar-refractivity contribution in [3.8, 4) is 11.6 Å². The van der Waals surface area contributed by atoms with E-state index in [9.17, 15) is 9.59 Å². The number of aromatic nitrogens is 5. The Kier molecular flexibility index (Phi) is 5.76. The molecule has 3 heterocycles. The van der Waals surface area contributed by atoms with Gasteiger partial charge in [0.15, 0.2) is 0 Å². The Labute approximate surface area is 198 Å². The SMILES string of the molecule is COc1ccc(Cl)cc1CNC(=O)Oc1[nH]nc2c1CCN(C(=O)c1ccc3[nH]nnc3c1)C2. The van der Waals surface area contributed by atoms with Gasteiger partial charge in [-0.25, -0.2) is 9.89 Å². The van der Waals surface area contributed by atoms with Crippen molar-refractivity contribution in [2.75, 3.05) is 13.7 Å². The number of aromatic amines is 2. The Morgan fingerprint density at radius 3 is 2.94 bits per heavy atom. The Morgan fingerprint density at radius 1 is 1.21 bits per heavy atom. The molecule has 1 aliphatic rings. The molecule has 0 unspecified atom stereocenters. The molecule has 5 rings (SSSR count). The lowest BCUT2D eigenvalue weighted by molar-refractivity contribution is 0.0732. The molecule has 2 aromatic heterocycles. The summed E-state index contributed by atoms with van der Waals surface area (Å²) in [4.78, 5) is 27.0. The predicted octanol–water partition coefficient (Wildman–Crippen LogP) is 2.83. The summed E-state index contributed by atoms with van der Waals surface area (Å²) in [7, 11) is 1.54. The van der Waals surface area contributed by atoms with E-state index < -0.39 is 6.09 Å². The highest BCUT2D eigenvalue weighted by atomic mass is 35.5. The molecule has 4 aromatic rings. The van der Waals surface area contributed by atoms with Gasteiger partial charge in [0.25, 0.3) is 5.91 Å². The molecule has 0 saturated carbocycles. The van der Waals surface area contributed by atoms with Crippen LogP contribution < -0.4 is 14.8 Å². The van der Waals surface area contributed by atoms with Crippen LogP contribution in [0.3, 0.4) is 0 Å². The number of amides is 2. The molecule has 1 aliphatic heterocycles. The van der Waals surface area contributed by atoms with Gasteiger partial charge >= 0.3 is 6.09 Å². The molecule has 0 radical (unpaired) electrons. The fourth-order valence-corrected chi connectivity index (χ4v) is 4.07. The third-order valence-electron chi connectivity index (χ3n) is 5.61. The second-order valence-corrected chi connectivity index (χ2v) is 8.13. The molecule has 0 saturated heterocycles. The van der Waals surface area contributed by atoms with E-state index >= 15 is 0 Å². The van der Waals surface area contributed by atoms with E-state index in [0.717, 1.165) is 16.6 Å². The monoisotopic (exact) mass is 481 g/mol. The molecule has 12 heteroatoms. The first kappa shape index (κ1) is 21.7. The van der Waals surface area contributed by atoms with Crippen molar-refractivity contribution in [3.05, 3.63) is 63.8 Å². The van der Waals surface area contributed by atoms with Crippen molar-refractivity contribution in [1.29, 1.82) is 0 Å². The van der Waals surface area contributed by atoms with Crippen LogP contribution in [-0.4, -0.2) is 56.2 Å². The molecule has 174 valence electrons. The zero-order valence-electron chi connectivity index (χ0n) is 18.1. The third-order valence-corrected chi connectivity index (χ3v) is 5.84. The van der Waals surface area contributed by atoms with Crippen LogP contribution in [0.5, 0.6) is 11.6 Å². The number of methoxy groups -OCH3 is 1. The number of nitrogens with zero attached hydrogens (tertiary/aromatic N) is 4. The minimum atomic E-state index is -0.645. The fraction of sp³-hybridized carbons (Fsp3) is 0.227. The standard InChI is InChI=1S/C22H20ClN7O4/c1-33-19-5-3-14(23)8-13(19)10-24-22(32)34-20-15-6-7-30(11-18(15)25-28-20)21(31)12-2-4-16-17(9-12)27-29-26-16/h2-5,8-9H,6-7,10-11H2,1H3,(H,24,32)(H,25,28)(H,26,27,29). The summed E-state index contributed by atoms with van der Waals surface area (Å²) in [6.07, 6.45) is -0.151. The summed E-state index contributed by atoms with van der Waals surface area (Å²) >= 11 is 6.03. The van der Waals surface area contributed by atoms with Crippen molar-refractivity contribution < 1.29 is 19.1 Å². The summed E-state index contributed by atoms with van der Waals surface area (Å²) in [5, 5.41) is 20.7. The van der Waals surface area contributed by atoms with Crippen LogP contribution in [0.25, 0.3) is 11.0 Å². The summed E-state index contributed by atoms with van der Waals surface area (Å²) in [6, 6.07) is 10.4. The van der Waals surface area contributed by atoms with Crippen LogP contribution in [0.1, 0.15) is 27.2 Å². The highest BCUT2D eigenvalue weighted by molar-refractivity contribution is 6.30. The first-order valence-corrected chi connectivity index (χ1v) is 10.8. The first-order valence-electron chi connectivity index (χ1n) is 10.5. The van der Waals surface area contributed by atoms with Crippen molar-refractivity contribution in [2.24, 2.45) is 0 Å². The van der Waals surface area contributed by atoms with E-state index in [-0.39, 0.29) is 18.3 Å². The second-order valence-electron chi connectivity index (χ2n) is 7.70. The largest absolute Gasteiger partial charge is 0.496 e. The molecule has 0 spiro atoms. The zero-order valence-corrected chi connectivity index (χ0v) is 18.8. The lowest BCUT2D eigenvalue weighted by Gasteiger charge is -2.26. The van der Waals surface area contributed by atoms with E-state index in [0.29, 0.717) is 47.1 Å². The molecule has 0 fully saturated rings. The van der Waals surface area contributed by atoms with Crippen LogP contribution in [0.15, 0.2) is 36.4 Å². The average molecular weight is 482 g/mol. The van der Waals surface area contributed by atoms with Crippen molar-refractivity contribution >= 4 is 34.6 Å². The van der Waals surface area contributed by atoms with E-state index in [1.165, 1.54) is 0 Å². The normalized spacial score (nSPS) is 12.9. The van der Waals surface area contributed by atoms with Crippen molar-refractivity contribution in [1.82, 2.24) is 35.8 Å². The average Bonchev–Trinajstić information content (AvgIpc) is 3.48. The smallest absolute Gasteiger partial charge is 0.414 e. The molecule has 3 N–H and O–H groups in total. The van der Waals surface area contributed by atoms with Gasteiger partial charge in [-0.05, 0) is 42.8 Å². The molecule has 2 aromatic carbocycles. The van der Waals surface area contributed by atoms with Gasteiger partial charge in [-0.15, -0.1) is 5.10 Å². The summed E-state index contributed by atoms with van der Waals surface area (Å²) < 4.78 is 10.7. The van der Waals surface area contributed by atoms with Crippen LogP contribution >= 0.6 is 11.6 Å². The summed E-state index contributed by atoms with van der Waals surface area (Å²) in [6.45, 7) is 0.934. The highest BCUT2D eigenvalue weighted by Gasteiger charge is 2.27. The minimum Gasteiger partial charge on any atom is -0.496 e. The Bertz CT molecular complexity index is 1380. The summed E-state index contributed by atoms with van der Waals surface area (Å²) in [5.41, 5.74) is 4.05. The quantitative estimate of drug-likeness (QED) is 0.398. The zero-order chi connectivity index (χ0) is 23.7. The molecule has 34 heavy (non-hydrogen) atoms. The van der Waals surface area contributed by atoms with Gasteiger partial charge < -0.3 is 19.7 Å². The number of benzene rings is 2. The number of H-pyrrole nitrogens is 2. The predicted molar refractivity (Wildman–Crippen MR) is 122 cm³/mol. The van der Waals surface area contributed by atoms with Crippen LogP contribution in [-0.2, 0) is 19.5 Å². The van der Waals surface area contributed by atoms with Crippen LogP contribution in [0.4, 0.5) is 4.79 Å². The number of halogens is 1. The molecule has 0 bridgehead atoms. The maximum atomic E-state index is 13.0. The lowest BCUT2D eigenvalue weighted by atomic mass is 10.1. The minimum absolute atomic E-state index is 0.130. The van der Waals surface area contributed by atoms with Crippen LogP contribution in [0, 0.1) is 0 Å². The van der Waals surface area contributed by atoms with Crippen molar-refractivity contribution in [3.63, 3.8) is 0 Å². The first-order chi connectivity index (χ1) is 16.5. The van der Waals surface area contributed by atoms with Gasteiger partial charge in [-0.1, -0.05) is 16.8 Å². The summed E-state index contributed by atoms with van der Waals surface area (Å²) in [5.74, 6) is 0.743. The highest BCUT2D eigenvalue weighted by Crippen LogP contribution is 2.27. The molecule has 11 nitrogen and oxygen atoms in total. The lowest BCUT2D eigenvalue weighted by Crippen LogP contribution is -2.36. The third kappa shape index (κ3) is 4.25. The van der Waals surface area contributed by atoms with Crippen LogP contribution in [0.2, 0.25) is 5.02 Å². The van der Waals surface area contributed by atoms with E-state index in [1.807, 2.05) is 0 Å². The van der Waals surface area contributed by atoms with E-state index in [2.05, 4.69) is 30.9 Å². The Balaban J connectivity index is 1.22. The van der Waals surface area contributed by atoms with Crippen molar-refractivity contribution in [2.45, 2.75) is 19.5 Å². The molecule has 2 amide bonds. The number of hydrogen-bond donors (Lipinski definition) is 3. The fourth-order valence-electron chi connectivity index (χ4n) is 3.88. The number of rotatable bonds is 5. The van der Waals surface area contributed by atoms with Gasteiger partial charge in [0.05, 0.1) is 24.9 Å². The second kappa shape index (κ2) is 9.02. The molecular weight excluding hydrogens is 462 g/mol. The molecule has 0 aliphatic carbocycles.